The first-order valence-corrected chi connectivity index (χ1v) is 6.19. The van der Waals surface area contributed by atoms with E-state index in [4.69, 9.17) is 9.84 Å². The first-order chi connectivity index (χ1) is 8.15. The molecule has 0 amide bonds. The largest absolute Gasteiger partial charge is 0.477 e. The standard InChI is InChI=1S/C11H15NO4S/c1-2-16-9(13)3-5-12-7-8-4-6-17-10(8)11(14)15/h4,6,12H,2-3,5,7H2,1H3,(H,14,15). The van der Waals surface area contributed by atoms with E-state index in [2.05, 4.69) is 5.32 Å². The van der Waals surface area contributed by atoms with Gasteiger partial charge in [-0.2, -0.15) is 0 Å². The van der Waals surface area contributed by atoms with Crippen LogP contribution < -0.4 is 5.32 Å². The maximum absolute atomic E-state index is 11.0. The monoisotopic (exact) mass is 257 g/mol. The van der Waals surface area contributed by atoms with Gasteiger partial charge in [0.2, 0.25) is 0 Å². The molecule has 0 spiro atoms. The number of esters is 1. The van der Waals surface area contributed by atoms with E-state index in [1.807, 2.05) is 0 Å². The lowest BCUT2D eigenvalue weighted by Crippen LogP contribution is -2.19. The summed E-state index contributed by atoms with van der Waals surface area (Å²) in [6, 6.07) is 1.77. The molecule has 1 aromatic heterocycles. The van der Waals surface area contributed by atoms with Gasteiger partial charge < -0.3 is 15.2 Å². The molecule has 0 aliphatic rings. The summed E-state index contributed by atoms with van der Waals surface area (Å²) in [5, 5.41) is 13.6. The number of rotatable bonds is 7. The maximum Gasteiger partial charge on any atom is 0.346 e. The van der Waals surface area contributed by atoms with Gasteiger partial charge in [0.25, 0.3) is 0 Å². The maximum atomic E-state index is 11.0. The fourth-order valence-corrected chi connectivity index (χ4v) is 2.07. The molecule has 0 atom stereocenters. The van der Waals surface area contributed by atoms with Crippen molar-refractivity contribution < 1.29 is 19.4 Å². The van der Waals surface area contributed by atoms with Crippen LogP contribution in [0.25, 0.3) is 0 Å². The van der Waals surface area contributed by atoms with Gasteiger partial charge in [-0.15, -0.1) is 11.3 Å². The first kappa shape index (κ1) is 13.7. The zero-order valence-electron chi connectivity index (χ0n) is 9.56. The second-order valence-corrected chi connectivity index (χ2v) is 4.23. The molecule has 0 aromatic carbocycles. The molecule has 2 N–H and O–H groups in total. The SMILES string of the molecule is CCOC(=O)CCNCc1ccsc1C(=O)O. The third-order valence-corrected chi connectivity index (χ3v) is 3.01. The van der Waals surface area contributed by atoms with E-state index in [0.717, 1.165) is 5.56 Å². The van der Waals surface area contributed by atoms with Crippen LogP contribution in [0.3, 0.4) is 0 Å². The molecule has 0 saturated carbocycles. The lowest BCUT2D eigenvalue weighted by molar-refractivity contribution is -0.142. The number of hydrogen-bond acceptors (Lipinski definition) is 5. The highest BCUT2D eigenvalue weighted by Crippen LogP contribution is 2.16. The fraction of sp³-hybridized carbons (Fsp3) is 0.455. The van der Waals surface area contributed by atoms with Crippen molar-refractivity contribution in [2.24, 2.45) is 0 Å². The van der Waals surface area contributed by atoms with Gasteiger partial charge in [-0.25, -0.2) is 4.79 Å². The van der Waals surface area contributed by atoms with Crippen molar-refractivity contribution in [3.05, 3.63) is 21.9 Å². The van der Waals surface area contributed by atoms with Crippen molar-refractivity contribution >= 4 is 23.3 Å². The molecule has 0 unspecified atom stereocenters. The molecule has 0 aliphatic heterocycles. The summed E-state index contributed by atoms with van der Waals surface area (Å²) in [5.74, 6) is -1.16. The lowest BCUT2D eigenvalue weighted by atomic mass is 10.2. The number of carboxylic acids is 1. The van der Waals surface area contributed by atoms with Gasteiger partial charge in [0, 0.05) is 13.1 Å². The molecule has 6 heteroatoms. The summed E-state index contributed by atoms with van der Waals surface area (Å²) in [4.78, 5) is 22.2. The van der Waals surface area contributed by atoms with E-state index in [-0.39, 0.29) is 5.97 Å². The highest BCUT2D eigenvalue weighted by molar-refractivity contribution is 7.12. The zero-order valence-corrected chi connectivity index (χ0v) is 10.4. The Kier molecular flexibility index (Phi) is 5.65. The second-order valence-electron chi connectivity index (χ2n) is 3.31. The molecule has 1 aromatic rings. The Balaban J connectivity index is 2.29. The minimum Gasteiger partial charge on any atom is -0.477 e. The molecule has 0 fully saturated rings. The Hall–Kier alpha value is -1.40. The minimum atomic E-state index is -0.915. The van der Waals surface area contributed by atoms with Gasteiger partial charge in [0.15, 0.2) is 0 Å². The predicted octanol–water partition coefficient (Wildman–Crippen LogP) is 1.49. The fourth-order valence-electron chi connectivity index (χ4n) is 1.31. The van der Waals surface area contributed by atoms with Crippen LogP contribution >= 0.6 is 11.3 Å². The number of carboxylic acid groups (broad SMARTS) is 1. The average Bonchev–Trinajstić information content (AvgIpc) is 2.73. The van der Waals surface area contributed by atoms with Gasteiger partial charge in [0.1, 0.15) is 4.88 Å². The molecule has 5 nitrogen and oxygen atoms in total. The van der Waals surface area contributed by atoms with Crippen LogP contribution in [0, 0.1) is 0 Å². The highest BCUT2D eigenvalue weighted by Gasteiger charge is 2.10. The summed E-state index contributed by atoms with van der Waals surface area (Å²) in [7, 11) is 0. The molecule has 0 bridgehead atoms. The molecule has 0 saturated heterocycles. The van der Waals surface area contributed by atoms with Crippen LogP contribution in [0.1, 0.15) is 28.6 Å². The van der Waals surface area contributed by atoms with Crippen molar-refractivity contribution in [1.29, 1.82) is 0 Å². The van der Waals surface area contributed by atoms with E-state index in [1.54, 1.807) is 18.4 Å². The molecule has 0 radical (unpaired) electrons. The number of hydrogen-bond donors (Lipinski definition) is 2. The van der Waals surface area contributed by atoms with Crippen molar-refractivity contribution in [2.75, 3.05) is 13.2 Å². The third-order valence-electron chi connectivity index (χ3n) is 2.07. The zero-order chi connectivity index (χ0) is 12.7. The molecule has 0 aliphatic carbocycles. The smallest absolute Gasteiger partial charge is 0.346 e. The third kappa shape index (κ3) is 4.54. The second kappa shape index (κ2) is 7.03. The van der Waals surface area contributed by atoms with Gasteiger partial charge in [0.05, 0.1) is 13.0 Å². The predicted molar refractivity (Wildman–Crippen MR) is 64.2 cm³/mol. The first-order valence-electron chi connectivity index (χ1n) is 5.31. The molecule has 1 heterocycles. The molecule has 1 rings (SSSR count). The summed E-state index contributed by atoms with van der Waals surface area (Å²) in [6.07, 6.45) is 0.292. The van der Waals surface area contributed by atoms with Crippen LogP contribution in [0.2, 0.25) is 0 Å². The Morgan fingerprint density at radius 3 is 2.94 bits per heavy atom. The number of carbonyl (C=O) groups excluding carboxylic acids is 1. The van der Waals surface area contributed by atoms with Crippen molar-refractivity contribution in [3.8, 4) is 0 Å². The number of carbonyl (C=O) groups is 2. The average molecular weight is 257 g/mol. The van der Waals surface area contributed by atoms with E-state index >= 15 is 0 Å². The highest BCUT2D eigenvalue weighted by atomic mass is 32.1. The van der Waals surface area contributed by atoms with Crippen LogP contribution in [-0.4, -0.2) is 30.2 Å². The number of thiophene rings is 1. The number of ether oxygens (including phenoxy) is 1. The van der Waals surface area contributed by atoms with Crippen LogP contribution in [0.15, 0.2) is 11.4 Å². The van der Waals surface area contributed by atoms with Crippen LogP contribution in [0.4, 0.5) is 0 Å². The quantitative estimate of drug-likeness (QED) is 0.571. The molecule has 94 valence electrons. The summed E-state index contributed by atoms with van der Waals surface area (Å²) >= 11 is 1.20. The van der Waals surface area contributed by atoms with Crippen molar-refractivity contribution in [2.45, 2.75) is 19.9 Å². The number of nitrogens with one attached hydrogen (secondary N) is 1. The summed E-state index contributed by atoms with van der Waals surface area (Å²) in [5.41, 5.74) is 0.742. The van der Waals surface area contributed by atoms with Gasteiger partial charge in [-0.1, -0.05) is 0 Å². The van der Waals surface area contributed by atoms with Gasteiger partial charge >= 0.3 is 11.9 Å². The van der Waals surface area contributed by atoms with Gasteiger partial charge in [-0.05, 0) is 23.9 Å². The van der Waals surface area contributed by atoms with E-state index in [9.17, 15) is 9.59 Å². The Morgan fingerprint density at radius 1 is 1.53 bits per heavy atom. The summed E-state index contributed by atoms with van der Waals surface area (Å²) in [6.45, 7) is 3.07. The normalized spacial score (nSPS) is 10.2. The Labute approximate surface area is 103 Å². The minimum absolute atomic E-state index is 0.247. The molecular weight excluding hydrogens is 242 g/mol. The van der Waals surface area contributed by atoms with Crippen molar-refractivity contribution in [3.63, 3.8) is 0 Å². The van der Waals surface area contributed by atoms with Gasteiger partial charge in [-0.3, -0.25) is 4.79 Å². The van der Waals surface area contributed by atoms with Crippen molar-refractivity contribution in [1.82, 2.24) is 5.32 Å². The van der Waals surface area contributed by atoms with E-state index in [1.165, 1.54) is 11.3 Å². The van der Waals surface area contributed by atoms with Crippen LogP contribution in [0.5, 0.6) is 0 Å². The number of aromatic carboxylic acids is 1. The Bertz CT molecular complexity index is 389. The molecular formula is C11H15NO4S. The Morgan fingerprint density at radius 2 is 2.29 bits per heavy atom. The lowest BCUT2D eigenvalue weighted by Gasteiger charge is -2.04. The van der Waals surface area contributed by atoms with E-state index < -0.39 is 5.97 Å². The van der Waals surface area contributed by atoms with E-state index in [0.29, 0.717) is 31.0 Å². The summed E-state index contributed by atoms with van der Waals surface area (Å²) < 4.78 is 4.77. The molecule has 17 heavy (non-hydrogen) atoms. The van der Waals surface area contributed by atoms with Crippen LogP contribution in [-0.2, 0) is 16.1 Å². The topological polar surface area (TPSA) is 75.6 Å².